The number of carbonyl (C=O) groups excluding carboxylic acids is 2. The fourth-order valence-corrected chi connectivity index (χ4v) is 5.09. The van der Waals surface area contributed by atoms with Gasteiger partial charge in [-0.15, -0.1) is 11.3 Å². The van der Waals surface area contributed by atoms with Gasteiger partial charge in [-0.3, -0.25) is 9.59 Å². The van der Waals surface area contributed by atoms with Crippen molar-refractivity contribution < 1.29 is 9.59 Å². The fraction of sp³-hybridized carbons (Fsp3) is 0.455. The number of ketones is 1. The van der Waals surface area contributed by atoms with Crippen LogP contribution in [0.25, 0.3) is 10.4 Å². The molecule has 0 N–H and O–H groups in total. The molecular weight excluding hydrogens is 356 g/mol. The first kappa shape index (κ1) is 18.4. The molecule has 0 bridgehead atoms. The SMILES string of the molecule is CC(=O)c1ccc(-c2ccc(C(=O)N3CCCC3CN3CCCC3)cc2)s1. The van der Waals surface area contributed by atoms with Crippen LogP contribution in [0.3, 0.4) is 0 Å². The van der Waals surface area contributed by atoms with E-state index in [0.29, 0.717) is 6.04 Å². The van der Waals surface area contributed by atoms with Gasteiger partial charge in [0.05, 0.1) is 4.88 Å². The largest absolute Gasteiger partial charge is 0.334 e. The van der Waals surface area contributed by atoms with Crippen molar-refractivity contribution in [2.45, 2.75) is 38.6 Å². The number of hydrogen-bond acceptors (Lipinski definition) is 4. The molecule has 1 aromatic carbocycles. The Morgan fingerprint density at radius 3 is 2.41 bits per heavy atom. The van der Waals surface area contributed by atoms with Crippen LogP contribution in [-0.2, 0) is 0 Å². The van der Waals surface area contributed by atoms with E-state index in [9.17, 15) is 9.59 Å². The van der Waals surface area contributed by atoms with Gasteiger partial charge < -0.3 is 9.80 Å². The zero-order valence-electron chi connectivity index (χ0n) is 15.8. The van der Waals surface area contributed by atoms with Gasteiger partial charge in [0.15, 0.2) is 5.78 Å². The standard InChI is InChI=1S/C22H26N2O2S/c1-16(25)20-10-11-21(27-20)17-6-8-18(9-7-17)22(26)24-14-4-5-19(24)15-23-12-2-3-13-23/h6-11,19H,2-5,12-15H2,1H3. The van der Waals surface area contributed by atoms with Crippen LogP contribution in [-0.4, -0.2) is 53.7 Å². The first-order chi connectivity index (χ1) is 13.1. The van der Waals surface area contributed by atoms with Crippen LogP contribution in [0.1, 0.15) is 52.6 Å². The second-order valence-corrected chi connectivity index (χ2v) is 8.68. The summed E-state index contributed by atoms with van der Waals surface area (Å²) >= 11 is 1.50. The topological polar surface area (TPSA) is 40.6 Å². The smallest absolute Gasteiger partial charge is 0.254 e. The molecular formula is C22H26N2O2S. The van der Waals surface area contributed by atoms with Gasteiger partial charge in [0, 0.05) is 29.6 Å². The maximum Gasteiger partial charge on any atom is 0.254 e. The lowest BCUT2D eigenvalue weighted by molar-refractivity contribution is 0.0708. The summed E-state index contributed by atoms with van der Waals surface area (Å²) < 4.78 is 0. The Kier molecular flexibility index (Phi) is 5.41. The molecule has 142 valence electrons. The molecule has 2 fully saturated rings. The number of Topliss-reactive ketones (excluding diaryl/α,β-unsaturated/α-hetero) is 1. The van der Waals surface area contributed by atoms with Crippen molar-refractivity contribution in [1.82, 2.24) is 9.80 Å². The zero-order chi connectivity index (χ0) is 18.8. The van der Waals surface area contributed by atoms with Crippen LogP contribution in [0.15, 0.2) is 36.4 Å². The van der Waals surface area contributed by atoms with Crippen molar-refractivity contribution >= 4 is 23.0 Å². The molecule has 4 rings (SSSR count). The quantitative estimate of drug-likeness (QED) is 0.723. The van der Waals surface area contributed by atoms with Gasteiger partial charge in [0.25, 0.3) is 5.91 Å². The van der Waals surface area contributed by atoms with Gasteiger partial charge in [-0.25, -0.2) is 0 Å². The summed E-state index contributed by atoms with van der Waals surface area (Å²) in [6.45, 7) is 5.83. The summed E-state index contributed by atoms with van der Waals surface area (Å²) in [5.41, 5.74) is 1.81. The zero-order valence-corrected chi connectivity index (χ0v) is 16.6. The van der Waals surface area contributed by atoms with Gasteiger partial charge in [-0.2, -0.15) is 0 Å². The highest BCUT2D eigenvalue weighted by molar-refractivity contribution is 7.17. The van der Waals surface area contributed by atoms with Crippen LogP contribution in [0.5, 0.6) is 0 Å². The molecule has 5 heteroatoms. The lowest BCUT2D eigenvalue weighted by Gasteiger charge is -2.28. The molecule has 3 heterocycles. The Morgan fingerprint density at radius 2 is 1.74 bits per heavy atom. The lowest BCUT2D eigenvalue weighted by Crippen LogP contribution is -2.42. The highest BCUT2D eigenvalue weighted by atomic mass is 32.1. The Hall–Kier alpha value is -1.98. The normalized spacial score (nSPS) is 20.3. The molecule has 2 aliphatic rings. The van der Waals surface area contributed by atoms with Crippen LogP contribution in [0.4, 0.5) is 0 Å². The van der Waals surface area contributed by atoms with E-state index in [4.69, 9.17) is 0 Å². The highest BCUT2D eigenvalue weighted by Gasteiger charge is 2.31. The van der Waals surface area contributed by atoms with E-state index >= 15 is 0 Å². The molecule has 0 saturated carbocycles. The fourth-order valence-electron chi connectivity index (χ4n) is 4.18. The van der Waals surface area contributed by atoms with Crippen molar-refractivity contribution in [3.63, 3.8) is 0 Å². The molecule has 2 aliphatic heterocycles. The Labute approximate surface area is 164 Å². The minimum atomic E-state index is 0.0936. The van der Waals surface area contributed by atoms with E-state index in [1.807, 2.05) is 36.4 Å². The van der Waals surface area contributed by atoms with Gasteiger partial charge in [0.1, 0.15) is 0 Å². The third-order valence-electron chi connectivity index (χ3n) is 5.67. The summed E-state index contributed by atoms with van der Waals surface area (Å²) in [5.74, 6) is 0.245. The minimum absolute atomic E-state index is 0.0936. The number of thiophene rings is 1. The number of carbonyl (C=O) groups is 2. The molecule has 1 aromatic heterocycles. The van der Waals surface area contributed by atoms with Gasteiger partial charge in [-0.05, 0) is 75.5 Å². The molecule has 2 saturated heterocycles. The Balaban J connectivity index is 1.45. The molecule has 0 aliphatic carbocycles. The van der Waals surface area contributed by atoms with E-state index < -0.39 is 0 Å². The van der Waals surface area contributed by atoms with Crippen molar-refractivity contribution in [3.8, 4) is 10.4 Å². The summed E-state index contributed by atoms with van der Waals surface area (Å²) in [6, 6.07) is 12.0. The van der Waals surface area contributed by atoms with Gasteiger partial charge in [0.2, 0.25) is 0 Å². The Morgan fingerprint density at radius 1 is 1.00 bits per heavy atom. The predicted molar refractivity (Wildman–Crippen MR) is 109 cm³/mol. The second-order valence-electron chi connectivity index (χ2n) is 7.60. The average molecular weight is 383 g/mol. The van der Waals surface area contributed by atoms with E-state index in [-0.39, 0.29) is 11.7 Å². The van der Waals surface area contributed by atoms with Crippen LogP contribution in [0.2, 0.25) is 0 Å². The summed E-state index contributed by atoms with van der Waals surface area (Å²) in [7, 11) is 0. The number of amides is 1. The third kappa shape index (κ3) is 3.99. The number of nitrogens with zero attached hydrogens (tertiary/aromatic N) is 2. The van der Waals surface area contributed by atoms with Crippen molar-refractivity contribution in [1.29, 1.82) is 0 Å². The van der Waals surface area contributed by atoms with Crippen molar-refractivity contribution in [2.75, 3.05) is 26.2 Å². The maximum absolute atomic E-state index is 13.0. The average Bonchev–Trinajstić information content (AvgIpc) is 3.43. The lowest BCUT2D eigenvalue weighted by atomic mass is 10.1. The number of rotatable bonds is 5. The summed E-state index contributed by atoms with van der Waals surface area (Å²) in [6.07, 6.45) is 4.79. The molecule has 0 radical (unpaired) electrons. The number of hydrogen-bond donors (Lipinski definition) is 0. The molecule has 1 amide bonds. The maximum atomic E-state index is 13.0. The van der Waals surface area contributed by atoms with Crippen LogP contribution in [0, 0.1) is 0 Å². The predicted octanol–water partition coefficient (Wildman–Crippen LogP) is 4.32. The summed E-state index contributed by atoms with van der Waals surface area (Å²) in [4.78, 5) is 30.9. The third-order valence-corrected chi connectivity index (χ3v) is 6.91. The van der Waals surface area contributed by atoms with E-state index in [1.54, 1.807) is 6.92 Å². The number of likely N-dealkylation sites (tertiary alicyclic amines) is 2. The van der Waals surface area contributed by atoms with Gasteiger partial charge in [-0.1, -0.05) is 12.1 Å². The Bertz CT molecular complexity index is 821. The van der Waals surface area contributed by atoms with E-state index in [1.165, 1.54) is 37.3 Å². The minimum Gasteiger partial charge on any atom is -0.334 e. The highest BCUT2D eigenvalue weighted by Crippen LogP contribution is 2.29. The second kappa shape index (κ2) is 7.95. The van der Waals surface area contributed by atoms with E-state index in [0.717, 1.165) is 46.8 Å². The molecule has 0 spiro atoms. The van der Waals surface area contributed by atoms with Crippen LogP contribution < -0.4 is 0 Å². The molecule has 2 aromatic rings. The first-order valence-corrected chi connectivity index (χ1v) is 10.7. The van der Waals surface area contributed by atoms with Crippen LogP contribution >= 0.6 is 11.3 Å². The van der Waals surface area contributed by atoms with Gasteiger partial charge >= 0.3 is 0 Å². The molecule has 1 unspecified atom stereocenters. The molecule has 4 nitrogen and oxygen atoms in total. The molecule has 1 atom stereocenters. The molecule has 27 heavy (non-hydrogen) atoms. The first-order valence-electron chi connectivity index (χ1n) is 9.86. The van der Waals surface area contributed by atoms with Crippen molar-refractivity contribution in [2.24, 2.45) is 0 Å². The number of benzene rings is 1. The van der Waals surface area contributed by atoms with Crippen molar-refractivity contribution in [3.05, 3.63) is 46.8 Å². The van der Waals surface area contributed by atoms with E-state index in [2.05, 4.69) is 9.80 Å². The summed E-state index contributed by atoms with van der Waals surface area (Å²) in [5, 5.41) is 0. The monoisotopic (exact) mass is 382 g/mol.